The number of hydrogen-bond acceptors (Lipinski definition) is 3. The summed E-state index contributed by atoms with van der Waals surface area (Å²) in [6, 6.07) is 7.23. The molecule has 2 heterocycles. The zero-order valence-electron chi connectivity index (χ0n) is 11.5. The van der Waals surface area contributed by atoms with Gasteiger partial charge in [0.2, 0.25) is 5.91 Å². The number of benzene rings is 1. The fourth-order valence-electron chi connectivity index (χ4n) is 3.26. The highest BCUT2D eigenvalue weighted by Crippen LogP contribution is 2.37. The number of fused-ring (bicyclic) bond motifs is 1. The summed E-state index contributed by atoms with van der Waals surface area (Å²) in [5.41, 5.74) is 0.858. The van der Waals surface area contributed by atoms with E-state index in [2.05, 4.69) is 5.32 Å². The molecule has 2 aliphatic heterocycles. The average molecular weight is 274 g/mol. The maximum absolute atomic E-state index is 12.3. The summed E-state index contributed by atoms with van der Waals surface area (Å²) in [5, 5.41) is 2.47. The zero-order chi connectivity index (χ0) is 14.1. The van der Waals surface area contributed by atoms with E-state index in [-0.39, 0.29) is 23.9 Å². The molecule has 1 aromatic rings. The summed E-state index contributed by atoms with van der Waals surface area (Å²) < 4.78 is 5.37. The van der Waals surface area contributed by atoms with E-state index in [1.807, 2.05) is 24.3 Å². The highest BCUT2D eigenvalue weighted by atomic mass is 16.5. The fraction of sp³-hybridized carbons (Fsp3) is 0.467. The standard InChI is InChI=1S/C15H18N2O3/c1-20-12-8-3-2-6-10(12)13-11-7-4-5-9-17(11)15(19)16-14(13)18/h2-3,6,8,11,13H,4-5,7,9H2,1H3,(H,16,18,19)/t11-,13-/m1/s1. The second-order valence-corrected chi connectivity index (χ2v) is 5.27. The van der Waals surface area contributed by atoms with Crippen LogP contribution >= 0.6 is 0 Å². The van der Waals surface area contributed by atoms with Crippen LogP contribution in [0.25, 0.3) is 0 Å². The van der Waals surface area contributed by atoms with Gasteiger partial charge in [-0.15, -0.1) is 0 Å². The number of carbonyl (C=O) groups excluding carboxylic acids is 2. The summed E-state index contributed by atoms with van der Waals surface area (Å²) in [6.45, 7) is 0.718. The van der Waals surface area contributed by atoms with E-state index in [0.29, 0.717) is 5.75 Å². The second-order valence-electron chi connectivity index (χ2n) is 5.27. The maximum atomic E-state index is 12.3. The number of amides is 3. The number of piperidine rings is 1. The Morgan fingerprint density at radius 3 is 2.85 bits per heavy atom. The van der Waals surface area contributed by atoms with Crippen molar-refractivity contribution in [2.24, 2.45) is 0 Å². The molecule has 0 spiro atoms. The molecule has 2 atom stereocenters. The van der Waals surface area contributed by atoms with E-state index in [1.165, 1.54) is 0 Å². The summed E-state index contributed by atoms with van der Waals surface area (Å²) in [6.07, 6.45) is 2.91. The van der Waals surface area contributed by atoms with Gasteiger partial charge in [0.15, 0.2) is 0 Å². The van der Waals surface area contributed by atoms with Crippen molar-refractivity contribution in [1.29, 1.82) is 0 Å². The monoisotopic (exact) mass is 274 g/mol. The van der Waals surface area contributed by atoms with Crippen LogP contribution in [0.15, 0.2) is 24.3 Å². The van der Waals surface area contributed by atoms with Crippen molar-refractivity contribution in [3.8, 4) is 5.75 Å². The topological polar surface area (TPSA) is 58.6 Å². The zero-order valence-corrected chi connectivity index (χ0v) is 11.5. The van der Waals surface area contributed by atoms with Crippen LogP contribution in [0.1, 0.15) is 30.7 Å². The quantitative estimate of drug-likeness (QED) is 0.896. The Morgan fingerprint density at radius 1 is 1.25 bits per heavy atom. The largest absolute Gasteiger partial charge is 0.496 e. The minimum atomic E-state index is -0.343. The van der Waals surface area contributed by atoms with Gasteiger partial charge < -0.3 is 9.64 Å². The van der Waals surface area contributed by atoms with Gasteiger partial charge in [-0.2, -0.15) is 0 Å². The number of urea groups is 1. The fourth-order valence-corrected chi connectivity index (χ4v) is 3.26. The highest BCUT2D eigenvalue weighted by molar-refractivity contribution is 6.01. The molecule has 2 aliphatic rings. The molecule has 3 rings (SSSR count). The van der Waals surface area contributed by atoms with Crippen molar-refractivity contribution in [2.45, 2.75) is 31.2 Å². The first-order valence-corrected chi connectivity index (χ1v) is 6.96. The Labute approximate surface area is 117 Å². The molecule has 2 saturated heterocycles. The molecule has 0 bridgehead atoms. The average Bonchev–Trinajstić information content (AvgIpc) is 2.48. The van der Waals surface area contributed by atoms with Gasteiger partial charge in [-0.3, -0.25) is 10.1 Å². The Balaban J connectivity index is 2.01. The molecule has 0 radical (unpaired) electrons. The van der Waals surface area contributed by atoms with Crippen molar-refractivity contribution in [3.05, 3.63) is 29.8 Å². The lowest BCUT2D eigenvalue weighted by molar-refractivity contribution is -0.125. The molecule has 3 amide bonds. The molecule has 0 aromatic heterocycles. The number of hydrogen-bond donors (Lipinski definition) is 1. The van der Waals surface area contributed by atoms with Crippen molar-refractivity contribution < 1.29 is 14.3 Å². The summed E-state index contributed by atoms with van der Waals surface area (Å²) in [4.78, 5) is 26.0. The smallest absolute Gasteiger partial charge is 0.324 e. The first-order chi connectivity index (χ1) is 9.72. The van der Waals surface area contributed by atoms with Crippen LogP contribution in [0, 0.1) is 0 Å². The number of rotatable bonds is 2. The van der Waals surface area contributed by atoms with Crippen LogP contribution in [0.5, 0.6) is 5.75 Å². The van der Waals surface area contributed by atoms with Crippen LogP contribution in [-0.4, -0.2) is 36.5 Å². The molecule has 5 heteroatoms. The van der Waals surface area contributed by atoms with Gasteiger partial charge in [-0.1, -0.05) is 18.2 Å². The Morgan fingerprint density at radius 2 is 2.05 bits per heavy atom. The Hall–Kier alpha value is -2.04. The number of methoxy groups -OCH3 is 1. The maximum Gasteiger partial charge on any atom is 0.324 e. The lowest BCUT2D eigenvalue weighted by Gasteiger charge is -2.43. The van der Waals surface area contributed by atoms with E-state index < -0.39 is 0 Å². The molecule has 106 valence electrons. The third-order valence-electron chi connectivity index (χ3n) is 4.18. The summed E-state index contributed by atoms with van der Waals surface area (Å²) >= 11 is 0. The van der Waals surface area contributed by atoms with Crippen LogP contribution < -0.4 is 10.1 Å². The molecule has 2 fully saturated rings. The first kappa shape index (κ1) is 13.0. The predicted molar refractivity (Wildman–Crippen MR) is 73.6 cm³/mol. The molecule has 20 heavy (non-hydrogen) atoms. The number of para-hydroxylation sites is 1. The first-order valence-electron chi connectivity index (χ1n) is 6.96. The molecule has 1 N–H and O–H groups in total. The van der Waals surface area contributed by atoms with Crippen molar-refractivity contribution in [3.63, 3.8) is 0 Å². The Kier molecular flexibility index (Phi) is 3.34. The van der Waals surface area contributed by atoms with Crippen LogP contribution in [0.3, 0.4) is 0 Å². The molecule has 0 unspecified atom stereocenters. The van der Waals surface area contributed by atoms with Gasteiger partial charge in [0.25, 0.3) is 0 Å². The van der Waals surface area contributed by atoms with Crippen LogP contribution in [-0.2, 0) is 4.79 Å². The van der Waals surface area contributed by atoms with Crippen LogP contribution in [0.2, 0.25) is 0 Å². The van der Waals surface area contributed by atoms with E-state index in [1.54, 1.807) is 12.0 Å². The number of imide groups is 1. The molecule has 0 aliphatic carbocycles. The second kappa shape index (κ2) is 5.15. The third kappa shape index (κ3) is 2.03. The SMILES string of the molecule is COc1ccccc1[C@H]1C(=O)NC(=O)N2CCCC[C@H]12. The van der Waals surface area contributed by atoms with Gasteiger partial charge in [-0.05, 0) is 25.3 Å². The lowest BCUT2D eigenvalue weighted by Crippen LogP contribution is -2.60. The summed E-state index contributed by atoms with van der Waals surface area (Å²) in [7, 11) is 1.60. The van der Waals surface area contributed by atoms with E-state index in [9.17, 15) is 9.59 Å². The minimum absolute atomic E-state index is 0.0544. The number of ether oxygens (including phenoxy) is 1. The highest BCUT2D eigenvalue weighted by Gasteiger charge is 2.43. The number of nitrogens with one attached hydrogen (secondary N) is 1. The molecular weight excluding hydrogens is 256 g/mol. The third-order valence-corrected chi connectivity index (χ3v) is 4.18. The molecule has 0 saturated carbocycles. The van der Waals surface area contributed by atoms with Gasteiger partial charge in [-0.25, -0.2) is 4.79 Å². The van der Waals surface area contributed by atoms with Crippen molar-refractivity contribution >= 4 is 11.9 Å². The van der Waals surface area contributed by atoms with Crippen molar-refractivity contribution in [2.75, 3.05) is 13.7 Å². The molecular formula is C15H18N2O3. The van der Waals surface area contributed by atoms with Gasteiger partial charge >= 0.3 is 6.03 Å². The normalized spacial score (nSPS) is 25.9. The Bertz CT molecular complexity index is 544. The molecule has 5 nitrogen and oxygen atoms in total. The van der Waals surface area contributed by atoms with Crippen LogP contribution in [0.4, 0.5) is 4.79 Å². The van der Waals surface area contributed by atoms with Gasteiger partial charge in [0, 0.05) is 18.2 Å². The van der Waals surface area contributed by atoms with E-state index in [0.717, 1.165) is 31.4 Å². The minimum Gasteiger partial charge on any atom is -0.496 e. The number of carbonyl (C=O) groups is 2. The number of nitrogens with zero attached hydrogens (tertiary/aromatic N) is 1. The molecule has 1 aromatic carbocycles. The predicted octanol–water partition coefficient (Wildman–Crippen LogP) is 1.88. The van der Waals surface area contributed by atoms with Gasteiger partial charge in [0.1, 0.15) is 5.75 Å². The van der Waals surface area contributed by atoms with Gasteiger partial charge in [0.05, 0.1) is 13.0 Å². The lowest BCUT2D eigenvalue weighted by atomic mass is 9.83. The van der Waals surface area contributed by atoms with E-state index >= 15 is 0 Å². The summed E-state index contributed by atoms with van der Waals surface area (Å²) in [5.74, 6) is 0.138. The van der Waals surface area contributed by atoms with Crippen molar-refractivity contribution in [1.82, 2.24) is 10.2 Å². The van der Waals surface area contributed by atoms with E-state index in [4.69, 9.17) is 4.74 Å².